The van der Waals surface area contributed by atoms with Gasteiger partial charge in [0.15, 0.2) is 6.29 Å². The fraction of sp³-hybridized carbons (Fsp3) is 1.00. The first-order valence-electron chi connectivity index (χ1n) is 4.96. The maximum atomic E-state index is 5.62. The highest BCUT2D eigenvalue weighted by Crippen LogP contribution is 2.26. The third-order valence-corrected chi connectivity index (χ3v) is 2.78. The van der Waals surface area contributed by atoms with Gasteiger partial charge in [-0.05, 0) is 6.92 Å². The summed E-state index contributed by atoms with van der Waals surface area (Å²) in [5.74, 6) is 0. The van der Waals surface area contributed by atoms with Crippen molar-refractivity contribution in [2.45, 2.75) is 37.6 Å². The van der Waals surface area contributed by atoms with Crippen LogP contribution in [0.3, 0.4) is 0 Å². The minimum atomic E-state index is -0.415. The standard InChI is InChI=1S/C10H20O5/c1-6-7(11-2)8(12-3)9(13-4)10(14-5)15-6/h6-10H,1-5H3. The van der Waals surface area contributed by atoms with Crippen LogP contribution in [0.2, 0.25) is 0 Å². The van der Waals surface area contributed by atoms with Crippen molar-refractivity contribution in [3.05, 3.63) is 0 Å². The highest BCUT2D eigenvalue weighted by atomic mass is 16.7. The minimum Gasteiger partial charge on any atom is -0.376 e. The maximum absolute atomic E-state index is 5.62. The third-order valence-electron chi connectivity index (χ3n) is 2.78. The van der Waals surface area contributed by atoms with Crippen LogP contribution in [-0.2, 0) is 23.7 Å². The fourth-order valence-corrected chi connectivity index (χ4v) is 2.00. The molecule has 15 heavy (non-hydrogen) atoms. The Bertz CT molecular complexity index is 187. The molecule has 0 radical (unpaired) electrons. The van der Waals surface area contributed by atoms with E-state index < -0.39 is 6.29 Å². The lowest BCUT2D eigenvalue weighted by molar-refractivity contribution is -0.298. The molecule has 5 atom stereocenters. The minimum absolute atomic E-state index is 0.0868. The van der Waals surface area contributed by atoms with Crippen molar-refractivity contribution >= 4 is 0 Å². The highest BCUT2D eigenvalue weighted by Gasteiger charge is 2.45. The normalized spacial score (nSPS) is 41.8. The molecule has 1 aliphatic rings. The lowest BCUT2D eigenvalue weighted by Crippen LogP contribution is -2.59. The lowest BCUT2D eigenvalue weighted by Gasteiger charge is -2.43. The molecule has 5 nitrogen and oxygen atoms in total. The first-order valence-corrected chi connectivity index (χ1v) is 4.96. The largest absolute Gasteiger partial charge is 0.376 e. The summed E-state index contributed by atoms with van der Waals surface area (Å²) < 4.78 is 26.9. The maximum Gasteiger partial charge on any atom is 0.186 e. The van der Waals surface area contributed by atoms with E-state index in [4.69, 9.17) is 23.7 Å². The Kier molecular flexibility index (Phi) is 4.95. The molecule has 1 saturated heterocycles. The molecule has 0 aromatic rings. The van der Waals surface area contributed by atoms with Crippen LogP contribution in [0.1, 0.15) is 6.92 Å². The van der Waals surface area contributed by atoms with Crippen molar-refractivity contribution < 1.29 is 23.7 Å². The second-order valence-corrected chi connectivity index (χ2v) is 3.55. The van der Waals surface area contributed by atoms with E-state index in [0.717, 1.165) is 0 Å². The SMILES string of the molecule is COC1OC(C)C(OC)C(OC)C1OC. The highest BCUT2D eigenvalue weighted by molar-refractivity contribution is 4.90. The van der Waals surface area contributed by atoms with Crippen LogP contribution in [0.4, 0.5) is 0 Å². The van der Waals surface area contributed by atoms with E-state index in [9.17, 15) is 0 Å². The Balaban J connectivity index is 2.80. The van der Waals surface area contributed by atoms with Crippen molar-refractivity contribution in [2.75, 3.05) is 28.4 Å². The van der Waals surface area contributed by atoms with Crippen molar-refractivity contribution in [3.63, 3.8) is 0 Å². The number of hydrogen-bond acceptors (Lipinski definition) is 5. The van der Waals surface area contributed by atoms with E-state index in [1.54, 1.807) is 28.4 Å². The zero-order chi connectivity index (χ0) is 11.4. The summed E-state index contributed by atoms with van der Waals surface area (Å²) in [5.41, 5.74) is 0. The number of hydrogen-bond donors (Lipinski definition) is 0. The predicted octanol–water partition coefficient (Wildman–Crippen LogP) is 0.423. The van der Waals surface area contributed by atoms with Gasteiger partial charge in [0.2, 0.25) is 0 Å². The summed E-state index contributed by atoms with van der Waals surface area (Å²) in [4.78, 5) is 0. The Morgan fingerprint density at radius 3 is 1.67 bits per heavy atom. The number of rotatable bonds is 4. The molecule has 0 aromatic heterocycles. The molecule has 0 aromatic carbocycles. The Labute approximate surface area is 90.6 Å². The van der Waals surface area contributed by atoms with E-state index in [1.165, 1.54) is 0 Å². The van der Waals surface area contributed by atoms with Gasteiger partial charge in [-0.3, -0.25) is 0 Å². The quantitative estimate of drug-likeness (QED) is 0.687. The van der Waals surface area contributed by atoms with Crippen LogP contribution < -0.4 is 0 Å². The summed E-state index contributed by atoms with van der Waals surface area (Å²) >= 11 is 0. The smallest absolute Gasteiger partial charge is 0.186 e. The molecule has 1 aliphatic heterocycles. The van der Waals surface area contributed by atoms with E-state index in [1.807, 2.05) is 6.92 Å². The van der Waals surface area contributed by atoms with Crippen LogP contribution in [0.15, 0.2) is 0 Å². The molecule has 1 rings (SSSR count). The molecule has 0 aliphatic carbocycles. The summed E-state index contributed by atoms with van der Waals surface area (Å²) in [6, 6.07) is 0. The van der Waals surface area contributed by atoms with Crippen LogP contribution in [-0.4, -0.2) is 59.1 Å². The van der Waals surface area contributed by atoms with Crippen molar-refractivity contribution in [2.24, 2.45) is 0 Å². The Morgan fingerprint density at radius 1 is 0.733 bits per heavy atom. The van der Waals surface area contributed by atoms with Gasteiger partial charge < -0.3 is 23.7 Å². The Hall–Kier alpha value is -0.200. The summed E-state index contributed by atoms with van der Waals surface area (Å²) in [7, 11) is 6.46. The molecule has 0 N–H and O–H groups in total. The Morgan fingerprint density at radius 2 is 1.27 bits per heavy atom. The second-order valence-electron chi connectivity index (χ2n) is 3.55. The van der Waals surface area contributed by atoms with E-state index in [-0.39, 0.29) is 24.4 Å². The molecular formula is C10H20O5. The first kappa shape index (κ1) is 12.9. The molecule has 0 bridgehead atoms. The number of methoxy groups -OCH3 is 4. The van der Waals surface area contributed by atoms with Crippen molar-refractivity contribution in [1.82, 2.24) is 0 Å². The zero-order valence-electron chi connectivity index (χ0n) is 9.93. The van der Waals surface area contributed by atoms with Crippen LogP contribution in [0.5, 0.6) is 0 Å². The van der Waals surface area contributed by atoms with Gasteiger partial charge in [-0.15, -0.1) is 0 Å². The van der Waals surface area contributed by atoms with E-state index in [2.05, 4.69) is 0 Å². The lowest BCUT2D eigenvalue weighted by atomic mass is 9.99. The molecule has 0 spiro atoms. The molecule has 1 heterocycles. The van der Waals surface area contributed by atoms with Crippen LogP contribution in [0, 0.1) is 0 Å². The summed E-state index contributed by atoms with van der Waals surface area (Å²) in [5, 5.41) is 0. The molecule has 0 saturated carbocycles. The van der Waals surface area contributed by atoms with Crippen LogP contribution >= 0.6 is 0 Å². The van der Waals surface area contributed by atoms with Crippen molar-refractivity contribution in [1.29, 1.82) is 0 Å². The number of ether oxygens (including phenoxy) is 5. The van der Waals surface area contributed by atoms with Gasteiger partial charge in [-0.1, -0.05) is 0 Å². The van der Waals surface area contributed by atoms with Crippen molar-refractivity contribution in [3.8, 4) is 0 Å². The van der Waals surface area contributed by atoms with Gasteiger partial charge in [0, 0.05) is 28.4 Å². The third kappa shape index (κ3) is 2.49. The van der Waals surface area contributed by atoms with Gasteiger partial charge in [0.05, 0.1) is 6.10 Å². The molecule has 5 heteroatoms. The first-order chi connectivity index (χ1) is 7.19. The molecule has 0 amide bonds. The molecule has 1 fully saturated rings. The molecule has 5 unspecified atom stereocenters. The van der Waals surface area contributed by atoms with E-state index >= 15 is 0 Å². The second kappa shape index (κ2) is 5.77. The monoisotopic (exact) mass is 220 g/mol. The van der Waals surface area contributed by atoms with Crippen LogP contribution in [0.25, 0.3) is 0 Å². The average Bonchev–Trinajstić information content (AvgIpc) is 2.27. The molecule has 90 valence electrons. The van der Waals surface area contributed by atoms with Gasteiger partial charge in [-0.25, -0.2) is 0 Å². The predicted molar refractivity (Wildman–Crippen MR) is 53.7 cm³/mol. The zero-order valence-corrected chi connectivity index (χ0v) is 9.93. The van der Waals surface area contributed by atoms with E-state index in [0.29, 0.717) is 0 Å². The summed E-state index contributed by atoms with van der Waals surface area (Å²) in [6.07, 6.45) is -1.11. The van der Waals surface area contributed by atoms with Gasteiger partial charge >= 0.3 is 0 Å². The average molecular weight is 220 g/mol. The fourth-order valence-electron chi connectivity index (χ4n) is 2.00. The van der Waals surface area contributed by atoms with Gasteiger partial charge in [-0.2, -0.15) is 0 Å². The summed E-state index contributed by atoms with van der Waals surface area (Å²) in [6.45, 7) is 1.93. The van der Waals surface area contributed by atoms with Gasteiger partial charge in [0.1, 0.15) is 18.3 Å². The topological polar surface area (TPSA) is 46.2 Å². The molecular weight excluding hydrogens is 200 g/mol. The van der Waals surface area contributed by atoms with Gasteiger partial charge in [0.25, 0.3) is 0 Å².